The van der Waals surface area contributed by atoms with Crippen molar-refractivity contribution in [1.82, 2.24) is 5.32 Å². The lowest BCUT2D eigenvalue weighted by atomic mass is 10.1. The molecule has 0 aliphatic carbocycles. The van der Waals surface area contributed by atoms with Gasteiger partial charge in [0.2, 0.25) is 5.76 Å². The average molecular weight is 339 g/mol. The Morgan fingerprint density at radius 2 is 1.88 bits per heavy atom. The van der Waals surface area contributed by atoms with Gasteiger partial charge in [0.1, 0.15) is 11.5 Å². The van der Waals surface area contributed by atoms with Crippen molar-refractivity contribution in [2.45, 2.75) is 27.0 Å². The second-order valence-electron chi connectivity index (χ2n) is 5.07. The second-order valence-corrected chi connectivity index (χ2v) is 5.07. The highest BCUT2D eigenvalue weighted by Gasteiger charge is 2.15. The molecule has 2 rings (SSSR count). The van der Waals surface area contributed by atoms with Gasteiger partial charge in [0, 0.05) is 5.56 Å². The average Bonchev–Trinajstić information content (AvgIpc) is 2.97. The number of carboxylic acids is 1. The molecule has 2 aromatic rings. The SMILES string of the molecule is Cc1cc(C(=O)NCc2ccc(C(=O)O)o2)cc(C)c1OC(F)F. The number of rotatable bonds is 6. The van der Waals surface area contributed by atoms with Crippen LogP contribution in [-0.4, -0.2) is 23.6 Å². The zero-order chi connectivity index (χ0) is 17.9. The lowest BCUT2D eigenvalue weighted by molar-refractivity contribution is -0.0507. The van der Waals surface area contributed by atoms with Crippen molar-refractivity contribution in [3.63, 3.8) is 0 Å². The monoisotopic (exact) mass is 339 g/mol. The minimum atomic E-state index is -2.94. The molecule has 0 spiro atoms. The Kier molecular flexibility index (Phi) is 5.18. The van der Waals surface area contributed by atoms with Crippen molar-refractivity contribution in [3.8, 4) is 5.75 Å². The van der Waals surface area contributed by atoms with Gasteiger partial charge in [-0.2, -0.15) is 8.78 Å². The normalized spacial score (nSPS) is 10.7. The highest BCUT2D eigenvalue weighted by molar-refractivity contribution is 5.94. The van der Waals surface area contributed by atoms with Gasteiger partial charge in [-0.3, -0.25) is 4.79 Å². The largest absolute Gasteiger partial charge is 0.475 e. The molecule has 0 bridgehead atoms. The summed E-state index contributed by atoms with van der Waals surface area (Å²) in [5.41, 5.74) is 1.09. The van der Waals surface area contributed by atoms with Crippen LogP contribution >= 0.6 is 0 Å². The van der Waals surface area contributed by atoms with Gasteiger partial charge in [-0.25, -0.2) is 4.79 Å². The third-order valence-electron chi connectivity index (χ3n) is 3.23. The summed E-state index contributed by atoms with van der Waals surface area (Å²) < 4.78 is 34.2. The highest BCUT2D eigenvalue weighted by Crippen LogP contribution is 2.26. The molecule has 0 saturated carbocycles. The van der Waals surface area contributed by atoms with Crippen LogP contribution in [0.4, 0.5) is 8.78 Å². The molecule has 1 amide bonds. The molecule has 0 atom stereocenters. The van der Waals surface area contributed by atoms with Crippen LogP contribution in [0.2, 0.25) is 0 Å². The molecule has 1 heterocycles. The van der Waals surface area contributed by atoms with Crippen molar-refractivity contribution in [3.05, 3.63) is 52.5 Å². The standard InChI is InChI=1S/C16H15F2NO5/c1-8-5-10(6-9(2)13(8)24-16(17)18)14(20)19-7-11-3-4-12(23-11)15(21)22/h3-6,16H,7H2,1-2H3,(H,19,20)(H,21,22). The van der Waals surface area contributed by atoms with Gasteiger partial charge in [0.25, 0.3) is 5.91 Å². The van der Waals surface area contributed by atoms with Gasteiger partial charge >= 0.3 is 12.6 Å². The molecule has 128 valence electrons. The Labute approximate surface area is 136 Å². The Bertz CT molecular complexity index is 747. The van der Waals surface area contributed by atoms with Crippen LogP contribution in [0.1, 0.15) is 37.8 Å². The van der Waals surface area contributed by atoms with Gasteiger partial charge in [-0.05, 0) is 49.2 Å². The maximum absolute atomic E-state index is 12.4. The Morgan fingerprint density at radius 1 is 1.25 bits per heavy atom. The molecule has 0 radical (unpaired) electrons. The van der Waals surface area contributed by atoms with Crippen molar-refractivity contribution >= 4 is 11.9 Å². The number of hydrogen-bond acceptors (Lipinski definition) is 4. The van der Waals surface area contributed by atoms with Crippen molar-refractivity contribution in [1.29, 1.82) is 0 Å². The fourth-order valence-electron chi connectivity index (χ4n) is 2.21. The van der Waals surface area contributed by atoms with E-state index in [0.717, 1.165) is 0 Å². The molecule has 6 nitrogen and oxygen atoms in total. The number of carboxylic acid groups (broad SMARTS) is 1. The number of carbonyl (C=O) groups is 2. The summed E-state index contributed by atoms with van der Waals surface area (Å²) in [5.74, 6) is -1.54. The Balaban J connectivity index is 2.08. The summed E-state index contributed by atoms with van der Waals surface area (Å²) >= 11 is 0. The van der Waals surface area contributed by atoms with E-state index in [9.17, 15) is 18.4 Å². The summed E-state index contributed by atoms with van der Waals surface area (Å²) in [6.07, 6.45) is 0. The van der Waals surface area contributed by atoms with Crippen LogP contribution in [0.25, 0.3) is 0 Å². The van der Waals surface area contributed by atoms with Crippen LogP contribution in [0.15, 0.2) is 28.7 Å². The highest BCUT2D eigenvalue weighted by atomic mass is 19.3. The van der Waals surface area contributed by atoms with E-state index in [1.54, 1.807) is 13.8 Å². The molecule has 0 aliphatic heterocycles. The first-order chi connectivity index (χ1) is 11.3. The quantitative estimate of drug-likeness (QED) is 0.844. The van der Waals surface area contributed by atoms with Gasteiger partial charge in [0.15, 0.2) is 0 Å². The van der Waals surface area contributed by atoms with E-state index in [1.807, 2.05) is 0 Å². The first kappa shape index (κ1) is 17.5. The van der Waals surface area contributed by atoms with E-state index >= 15 is 0 Å². The number of nitrogens with one attached hydrogen (secondary N) is 1. The zero-order valence-electron chi connectivity index (χ0n) is 12.9. The van der Waals surface area contributed by atoms with E-state index < -0.39 is 18.5 Å². The fourth-order valence-corrected chi connectivity index (χ4v) is 2.21. The molecular weight excluding hydrogens is 324 g/mol. The molecular formula is C16H15F2NO5. The topological polar surface area (TPSA) is 88.8 Å². The summed E-state index contributed by atoms with van der Waals surface area (Å²) in [7, 11) is 0. The number of aryl methyl sites for hydroxylation is 2. The first-order valence-electron chi connectivity index (χ1n) is 6.94. The summed E-state index contributed by atoms with van der Waals surface area (Å²) in [5, 5.41) is 11.3. The van der Waals surface area contributed by atoms with Crippen LogP contribution in [-0.2, 0) is 6.54 Å². The molecule has 0 saturated heterocycles. The number of benzene rings is 1. The first-order valence-corrected chi connectivity index (χ1v) is 6.94. The summed E-state index contributed by atoms with van der Waals surface area (Å²) in [6, 6.07) is 5.60. The third kappa shape index (κ3) is 4.09. The Hall–Kier alpha value is -2.90. The van der Waals surface area contributed by atoms with Crippen LogP contribution in [0, 0.1) is 13.8 Å². The van der Waals surface area contributed by atoms with Gasteiger partial charge in [0.05, 0.1) is 6.54 Å². The number of alkyl halides is 2. The maximum atomic E-state index is 12.4. The molecule has 0 fully saturated rings. The van der Waals surface area contributed by atoms with Gasteiger partial charge in [-0.1, -0.05) is 0 Å². The number of ether oxygens (including phenoxy) is 1. The molecule has 0 unspecified atom stereocenters. The lowest BCUT2D eigenvalue weighted by Gasteiger charge is -2.13. The molecule has 0 aliphatic rings. The maximum Gasteiger partial charge on any atom is 0.387 e. The minimum Gasteiger partial charge on any atom is -0.475 e. The van der Waals surface area contributed by atoms with Crippen LogP contribution in [0.3, 0.4) is 0 Å². The number of furan rings is 1. The van der Waals surface area contributed by atoms with Crippen molar-refractivity contribution in [2.75, 3.05) is 0 Å². The van der Waals surface area contributed by atoms with Gasteiger partial charge < -0.3 is 19.6 Å². The third-order valence-corrected chi connectivity index (χ3v) is 3.23. The number of amides is 1. The van der Waals surface area contributed by atoms with E-state index in [-0.39, 0.29) is 29.4 Å². The summed E-state index contributed by atoms with van der Waals surface area (Å²) in [4.78, 5) is 22.8. The fraction of sp³-hybridized carbons (Fsp3) is 0.250. The lowest BCUT2D eigenvalue weighted by Crippen LogP contribution is -2.23. The zero-order valence-corrected chi connectivity index (χ0v) is 12.9. The smallest absolute Gasteiger partial charge is 0.387 e. The van der Waals surface area contributed by atoms with E-state index in [4.69, 9.17) is 9.52 Å². The Morgan fingerprint density at radius 3 is 2.38 bits per heavy atom. The molecule has 1 aromatic carbocycles. The number of aromatic carboxylic acids is 1. The second kappa shape index (κ2) is 7.12. The molecule has 8 heteroatoms. The molecule has 24 heavy (non-hydrogen) atoms. The van der Waals surface area contributed by atoms with Crippen LogP contribution < -0.4 is 10.1 Å². The molecule has 1 aromatic heterocycles. The number of hydrogen-bond donors (Lipinski definition) is 2. The van der Waals surface area contributed by atoms with Crippen LogP contribution in [0.5, 0.6) is 5.75 Å². The minimum absolute atomic E-state index is 0.000502. The molecule has 2 N–H and O–H groups in total. The van der Waals surface area contributed by atoms with E-state index in [2.05, 4.69) is 10.1 Å². The number of carbonyl (C=O) groups excluding carboxylic acids is 1. The van der Waals surface area contributed by atoms with E-state index in [1.165, 1.54) is 24.3 Å². The van der Waals surface area contributed by atoms with E-state index in [0.29, 0.717) is 11.1 Å². The van der Waals surface area contributed by atoms with Gasteiger partial charge in [-0.15, -0.1) is 0 Å². The van der Waals surface area contributed by atoms with Crippen molar-refractivity contribution in [2.24, 2.45) is 0 Å². The predicted octanol–water partition coefficient (Wildman–Crippen LogP) is 3.13. The predicted molar refractivity (Wildman–Crippen MR) is 79.4 cm³/mol. The number of halogens is 2. The van der Waals surface area contributed by atoms with Crippen molar-refractivity contribution < 1.29 is 32.6 Å². The summed E-state index contributed by atoms with van der Waals surface area (Å²) in [6.45, 7) is 0.184.